The molecule has 0 aliphatic heterocycles. The number of amides is 1. The standard InChI is InChI=1S/C16H14ClN3O3/c1-20(8-2-7-18)15(21)10-23-16(22)12-3-5-13-11(9-12)4-6-14(17)19-13/h3-6,9H,2,8,10H2,1H3. The number of hydrogen-bond acceptors (Lipinski definition) is 5. The fraction of sp³-hybridized carbons (Fsp3) is 0.250. The SMILES string of the molecule is CN(CCC#N)C(=O)COC(=O)c1ccc2nc(Cl)ccc2c1. The van der Waals surface area contributed by atoms with Gasteiger partial charge in [0.2, 0.25) is 0 Å². The van der Waals surface area contributed by atoms with Crippen LogP contribution in [0.25, 0.3) is 10.9 Å². The molecule has 0 fully saturated rings. The Balaban J connectivity index is 1.99. The molecule has 0 radical (unpaired) electrons. The number of rotatable bonds is 5. The Morgan fingerprint density at radius 3 is 2.87 bits per heavy atom. The normalized spacial score (nSPS) is 10.1. The molecule has 7 heteroatoms. The maximum atomic E-state index is 12.0. The van der Waals surface area contributed by atoms with Gasteiger partial charge >= 0.3 is 5.97 Å². The highest BCUT2D eigenvalue weighted by Crippen LogP contribution is 2.17. The lowest BCUT2D eigenvalue weighted by molar-refractivity contribution is -0.133. The Kier molecular flexibility index (Phi) is 5.50. The number of aromatic nitrogens is 1. The first-order valence-corrected chi connectivity index (χ1v) is 7.23. The number of fused-ring (bicyclic) bond motifs is 1. The zero-order valence-corrected chi connectivity index (χ0v) is 13.2. The van der Waals surface area contributed by atoms with Gasteiger partial charge in [-0.2, -0.15) is 5.26 Å². The molecule has 6 nitrogen and oxygen atoms in total. The first-order chi connectivity index (χ1) is 11.0. The number of likely N-dealkylation sites (N-methyl/N-ethyl adjacent to an activating group) is 1. The van der Waals surface area contributed by atoms with Gasteiger partial charge in [0.15, 0.2) is 6.61 Å². The lowest BCUT2D eigenvalue weighted by atomic mass is 10.1. The van der Waals surface area contributed by atoms with Crippen LogP contribution in [0.5, 0.6) is 0 Å². The number of benzene rings is 1. The average Bonchev–Trinajstić information content (AvgIpc) is 2.56. The van der Waals surface area contributed by atoms with E-state index in [1.807, 2.05) is 6.07 Å². The van der Waals surface area contributed by atoms with Crippen LogP contribution < -0.4 is 0 Å². The number of nitriles is 1. The van der Waals surface area contributed by atoms with Gasteiger partial charge < -0.3 is 9.64 Å². The minimum Gasteiger partial charge on any atom is -0.452 e. The summed E-state index contributed by atoms with van der Waals surface area (Å²) < 4.78 is 5.00. The number of halogens is 1. The van der Waals surface area contributed by atoms with E-state index < -0.39 is 5.97 Å². The fourth-order valence-electron chi connectivity index (χ4n) is 1.89. The second-order valence-electron chi connectivity index (χ2n) is 4.84. The van der Waals surface area contributed by atoms with Gasteiger partial charge in [-0.3, -0.25) is 4.79 Å². The third-order valence-electron chi connectivity index (χ3n) is 3.20. The van der Waals surface area contributed by atoms with Crippen LogP contribution in [0.15, 0.2) is 30.3 Å². The van der Waals surface area contributed by atoms with Crippen LogP contribution in [-0.2, 0) is 9.53 Å². The van der Waals surface area contributed by atoms with E-state index in [0.717, 1.165) is 5.39 Å². The van der Waals surface area contributed by atoms with Crippen LogP contribution in [0, 0.1) is 11.3 Å². The summed E-state index contributed by atoms with van der Waals surface area (Å²) in [5.41, 5.74) is 0.996. The smallest absolute Gasteiger partial charge is 0.338 e. The van der Waals surface area contributed by atoms with E-state index in [0.29, 0.717) is 22.8 Å². The van der Waals surface area contributed by atoms with Gasteiger partial charge in [0, 0.05) is 19.0 Å². The number of pyridine rings is 1. The summed E-state index contributed by atoms with van der Waals surface area (Å²) in [6, 6.07) is 10.2. The van der Waals surface area contributed by atoms with Crippen molar-refractivity contribution in [2.24, 2.45) is 0 Å². The van der Waals surface area contributed by atoms with Gasteiger partial charge in [0.05, 0.1) is 23.6 Å². The number of esters is 1. The summed E-state index contributed by atoms with van der Waals surface area (Å²) in [6.45, 7) is -0.0625. The quantitative estimate of drug-likeness (QED) is 0.620. The van der Waals surface area contributed by atoms with Crippen LogP contribution >= 0.6 is 11.6 Å². The van der Waals surface area contributed by atoms with Crippen molar-refractivity contribution in [3.63, 3.8) is 0 Å². The molecule has 23 heavy (non-hydrogen) atoms. The highest BCUT2D eigenvalue weighted by atomic mass is 35.5. The number of nitrogens with zero attached hydrogens (tertiary/aromatic N) is 3. The van der Waals surface area contributed by atoms with Crippen molar-refractivity contribution in [2.45, 2.75) is 6.42 Å². The second-order valence-corrected chi connectivity index (χ2v) is 5.23. The van der Waals surface area contributed by atoms with Gasteiger partial charge in [0.1, 0.15) is 5.15 Å². The first-order valence-electron chi connectivity index (χ1n) is 6.85. The van der Waals surface area contributed by atoms with Crippen LogP contribution in [0.1, 0.15) is 16.8 Å². The average molecular weight is 332 g/mol. The molecule has 0 aliphatic carbocycles. The van der Waals surface area contributed by atoms with Gasteiger partial charge in [0.25, 0.3) is 5.91 Å². The van der Waals surface area contributed by atoms with Gasteiger partial charge in [-0.1, -0.05) is 11.6 Å². The summed E-state index contributed by atoms with van der Waals surface area (Å²) >= 11 is 5.81. The van der Waals surface area contributed by atoms with Crippen LogP contribution in [-0.4, -0.2) is 42.0 Å². The first kappa shape index (κ1) is 16.7. The van der Waals surface area contributed by atoms with E-state index in [-0.39, 0.29) is 18.9 Å². The molecule has 0 aliphatic rings. The van der Waals surface area contributed by atoms with E-state index in [2.05, 4.69) is 4.98 Å². The molecule has 0 unspecified atom stereocenters. The maximum Gasteiger partial charge on any atom is 0.338 e. The molecule has 1 aromatic heterocycles. The highest BCUT2D eigenvalue weighted by molar-refractivity contribution is 6.29. The molecule has 0 atom stereocenters. The van der Waals surface area contributed by atoms with E-state index in [1.54, 1.807) is 37.4 Å². The molecule has 1 aromatic carbocycles. The van der Waals surface area contributed by atoms with E-state index >= 15 is 0 Å². The summed E-state index contributed by atoms with van der Waals surface area (Å²) in [4.78, 5) is 29.2. The molecule has 1 heterocycles. The molecular weight excluding hydrogens is 318 g/mol. The van der Waals surface area contributed by atoms with Gasteiger partial charge in [-0.15, -0.1) is 0 Å². The third kappa shape index (κ3) is 4.41. The van der Waals surface area contributed by atoms with E-state index in [4.69, 9.17) is 21.6 Å². The van der Waals surface area contributed by atoms with Crippen molar-refractivity contribution in [3.05, 3.63) is 41.0 Å². The molecular formula is C16H14ClN3O3. The maximum absolute atomic E-state index is 12.0. The molecule has 0 bridgehead atoms. The second kappa shape index (κ2) is 7.56. The van der Waals surface area contributed by atoms with Crippen molar-refractivity contribution in [3.8, 4) is 6.07 Å². The van der Waals surface area contributed by atoms with Crippen molar-refractivity contribution in [2.75, 3.05) is 20.2 Å². The monoisotopic (exact) mass is 331 g/mol. The van der Waals surface area contributed by atoms with Crippen LogP contribution in [0.4, 0.5) is 0 Å². The molecule has 2 aromatic rings. The largest absolute Gasteiger partial charge is 0.452 e. The summed E-state index contributed by atoms with van der Waals surface area (Å²) in [7, 11) is 1.55. The Bertz CT molecular complexity index is 786. The Labute approximate surface area is 138 Å². The third-order valence-corrected chi connectivity index (χ3v) is 3.41. The van der Waals surface area contributed by atoms with Gasteiger partial charge in [-0.05, 0) is 30.3 Å². The zero-order valence-electron chi connectivity index (χ0n) is 12.5. The van der Waals surface area contributed by atoms with Crippen LogP contribution in [0.3, 0.4) is 0 Å². The lowest BCUT2D eigenvalue weighted by Gasteiger charge is -2.15. The molecule has 0 spiro atoms. The molecule has 0 N–H and O–H groups in total. The number of ether oxygens (including phenoxy) is 1. The topological polar surface area (TPSA) is 83.3 Å². The highest BCUT2D eigenvalue weighted by Gasteiger charge is 2.13. The number of hydrogen-bond donors (Lipinski definition) is 0. The molecule has 1 amide bonds. The predicted molar refractivity (Wildman–Crippen MR) is 84.9 cm³/mol. The van der Waals surface area contributed by atoms with Crippen LogP contribution in [0.2, 0.25) is 5.15 Å². The number of carbonyl (C=O) groups is 2. The van der Waals surface area contributed by atoms with E-state index in [9.17, 15) is 9.59 Å². The Hall–Kier alpha value is -2.65. The van der Waals surface area contributed by atoms with Crippen molar-refractivity contribution >= 4 is 34.4 Å². The zero-order chi connectivity index (χ0) is 16.8. The van der Waals surface area contributed by atoms with Crippen molar-refractivity contribution in [1.82, 2.24) is 9.88 Å². The summed E-state index contributed by atoms with van der Waals surface area (Å²) in [6.07, 6.45) is 0.233. The molecule has 0 saturated heterocycles. The minimum absolute atomic E-state index is 0.233. The predicted octanol–water partition coefficient (Wildman–Crippen LogP) is 2.42. The molecule has 2 rings (SSSR count). The van der Waals surface area contributed by atoms with E-state index in [1.165, 1.54) is 4.90 Å². The Morgan fingerprint density at radius 1 is 1.35 bits per heavy atom. The lowest BCUT2D eigenvalue weighted by Crippen LogP contribution is -2.31. The van der Waals surface area contributed by atoms with Crippen molar-refractivity contribution in [1.29, 1.82) is 5.26 Å². The van der Waals surface area contributed by atoms with Gasteiger partial charge in [-0.25, -0.2) is 9.78 Å². The van der Waals surface area contributed by atoms with Crippen molar-refractivity contribution < 1.29 is 14.3 Å². The molecule has 0 saturated carbocycles. The fourth-order valence-corrected chi connectivity index (χ4v) is 2.04. The molecule has 118 valence electrons. The summed E-state index contributed by atoms with van der Waals surface area (Å²) in [5.74, 6) is -0.952. The number of carbonyl (C=O) groups excluding carboxylic acids is 2. The minimum atomic E-state index is -0.594. The Morgan fingerprint density at radius 2 is 2.13 bits per heavy atom. The summed E-state index contributed by atoms with van der Waals surface area (Å²) in [5, 5.41) is 9.61.